The molecule has 1 atom stereocenters. The van der Waals surface area contributed by atoms with Gasteiger partial charge in [0, 0.05) is 32.0 Å². The summed E-state index contributed by atoms with van der Waals surface area (Å²) in [4.78, 5) is 14.9. The topological polar surface area (TPSA) is 99.6 Å². The summed E-state index contributed by atoms with van der Waals surface area (Å²) in [7, 11) is -3.65. The third-order valence-corrected chi connectivity index (χ3v) is 4.78. The van der Waals surface area contributed by atoms with Crippen LogP contribution in [0.2, 0.25) is 0 Å². The Morgan fingerprint density at radius 2 is 2.16 bits per heavy atom. The fraction of sp³-hybridized carbons (Fsp3) is 0.455. The highest BCUT2D eigenvalue weighted by molar-refractivity contribution is 7.88. The quantitative estimate of drug-likeness (QED) is 0.756. The number of carboxylic acid groups (broad SMARTS) is 1. The molecule has 104 valence electrons. The number of piperazine rings is 1. The Bertz CT molecular complexity index is 546. The van der Waals surface area contributed by atoms with Gasteiger partial charge in [0.05, 0.1) is 5.75 Å². The third kappa shape index (κ3) is 3.28. The van der Waals surface area contributed by atoms with E-state index in [0.717, 1.165) is 4.31 Å². The Kier molecular flexibility index (Phi) is 4.13. The van der Waals surface area contributed by atoms with Gasteiger partial charge in [0.15, 0.2) is 0 Å². The van der Waals surface area contributed by atoms with Crippen LogP contribution in [0, 0.1) is 0 Å². The molecule has 0 amide bonds. The number of aliphatic carboxylic acids is 1. The number of nitrogens with zero attached hydrogens (tertiary/aromatic N) is 2. The van der Waals surface area contributed by atoms with Gasteiger partial charge in [-0.2, -0.15) is 4.31 Å². The molecule has 0 radical (unpaired) electrons. The fourth-order valence-corrected chi connectivity index (χ4v) is 3.70. The zero-order valence-electron chi connectivity index (χ0n) is 10.2. The molecule has 0 unspecified atom stereocenters. The van der Waals surface area contributed by atoms with E-state index in [4.69, 9.17) is 5.11 Å². The summed E-state index contributed by atoms with van der Waals surface area (Å²) in [6.45, 7) is 0.759. The van der Waals surface area contributed by atoms with E-state index in [9.17, 15) is 13.2 Å². The minimum Gasteiger partial charge on any atom is -0.480 e. The van der Waals surface area contributed by atoms with Gasteiger partial charge in [-0.15, -0.1) is 0 Å². The first-order valence-corrected chi connectivity index (χ1v) is 7.43. The summed E-state index contributed by atoms with van der Waals surface area (Å²) < 4.78 is 25.6. The summed E-state index contributed by atoms with van der Waals surface area (Å²) in [5, 5.41) is 12.0. The molecule has 1 aromatic rings. The van der Waals surface area contributed by atoms with Crippen molar-refractivity contribution in [2.24, 2.45) is 0 Å². The number of sulfonamides is 1. The van der Waals surface area contributed by atoms with Crippen molar-refractivity contribution in [2.45, 2.75) is 11.8 Å². The highest BCUT2D eigenvalue weighted by atomic mass is 32.2. The molecule has 0 bridgehead atoms. The second-order valence-corrected chi connectivity index (χ2v) is 6.20. The first kappa shape index (κ1) is 13.9. The molecule has 2 rings (SSSR count). The van der Waals surface area contributed by atoms with E-state index in [1.54, 1.807) is 12.1 Å². The molecule has 0 aromatic carbocycles. The molecule has 1 aliphatic rings. The normalized spacial score (nSPS) is 21.2. The fourth-order valence-electron chi connectivity index (χ4n) is 2.00. The van der Waals surface area contributed by atoms with Crippen LogP contribution in [0.4, 0.5) is 0 Å². The Labute approximate surface area is 111 Å². The molecular weight excluding hydrogens is 270 g/mol. The number of hydrogen-bond donors (Lipinski definition) is 2. The number of rotatable bonds is 4. The van der Waals surface area contributed by atoms with Gasteiger partial charge in [0.25, 0.3) is 0 Å². The van der Waals surface area contributed by atoms with Gasteiger partial charge in [-0.3, -0.25) is 9.78 Å². The standard InChI is InChI=1S/C11H15N3O4S/c15-11(16)10-7-13-5-6-14(10)19(17,18)8-9-1-3-12-4-2-9/h1-4,10,13H,5-8H2,(H,15,16)/t10-/m1/s1. The maximum atomic E-state index is 12.3. The van der Waals surface area contributed by atoms with Crippen LogP contribution < -0.4 is 5.32 Å². The lowest BCUT2D eigenvalue weighted by atomic mass is 10.2. The predicted octanol–water partition coefficient (Wildman–Crippen LogP) is -0.730. The second kappa shape index (κ2) is 5.64. The highest BCUT2D eigenvalue weighted by Crippen LogP contribution is 2.15. The van der Waals surface area contributed by atoms with E-state index in [0.29, 0.717) is 12.1 Å². The zero-order chi connectivity index (χ0) is 13.9. The van der Waals surface area contributed by atoms with Crippen LogP contribution in [0.5, 0.6) is 0 Å². The average Bonchev–Trinajstić information content (AvgIpc) is 2.39. The first-order chi connectivity index (χ1) is 9.00. The van der Waals surface area contributed by atoms with Crippen LogP contribution in [0.1, 0.15) is 5.56 Å². The van der Waals surface area contributed by atoms with Crippen molar-refractivity contribution < 1.29 is 18.3 Å². The summed E-state index contributed by atoms with van der Waals surface area (Å²) in [5.74, 6) is -1.34. The lowest BCUT2D eigenvalue weighted by Gasteiger charge is -2.32. The number of nitrogens with one attached hydrogen (secondary N) is 1. The number of pyridine rings is 1. The number of aromatic nitrogens is 1. The van der Waals surface area contributed by atoms with Gasteiger partial charge in [-0.05, 0) is 17.7 Å². The smallest absolute Gasteiger partial charge is 0.323 e. The SMILES string of the molecule is O=C(O)[C@H]1CNCCN1S(=O)(=O)Cc1ccncc1. The van der Waals surface area contributed by atoms with Gasteiger partial charge in [-0.1, -0.05) is 0 Å². The first-order valence-electron chi connectivity index (χ1n) is 5.82. The molecule has 7 nitrogen and oxygen atoms in total. The lowest BCUT2D eigenvalue weighted by Crippen LogP contribution is -2.57. The summed E-state index contributed by atoms with van der Waals surface area (Å²) in [6.07, 6.45) is 3.02. The van der Waals surface area contributed by atoms with E-state index in [1.807, 2.05) is 0 Å². The van der Waals surface area contributed by atoms with Crippen molar-refractivity contribution in [3.05, 3.63) is 30.1 Å². The molecule has 1 aliphatic heterocycles. The Balaban J connectivity index is 2.20. The second-order valence-electron chi connectivity index (χ2n) is 4.28. The Hall–Kier alpha value is -1.51. The van der Waals surface area contributed by atoms with Crippen LogP contribution >= 0.6 is 0 Å². The lowest BCUT2D eigenvalue weighted by molar-refractivity contribution is -0.141. The van der Waals surface area contributed by atoms with Crippen molar-refractivity contribution >= 4 is 16.0 Å². The van der Waals surface area contributed by atoms with Gasteiger partial charge in [-0.25, -0.2) is 8.42 Å². The molecule has 0 aliphatic carbocycles. The van der Waals surface area contributed by atoms with Gasteiger partial charge in [0.1, 0.15) is 6.04 Å². The summed E-state index contributed by atoms with van der Waals surface area (Å²) >= 11 is 0. The number of carboxylic acids is 1. The molecule has 1 aromatic heterocycles. The van der Waals surface area contributed by atoms with E-state index >= 15 is 0 Å². The Morgan fingerprint density at radius 1 is 1.47 bits per heavy atom. The molecule has 19 heavy (non-hydrogen) atoms. The largest absolute Gasteiger partial charge is 0.480 e. The van der Waals surface area contributed by atoms with Crippen molar-refractivity contribution in [3.8, 4) is 0 Å². The molecule has 0 saturated carbocycles. The minimum atomic E-state index is -3.65. The van der Waals surface area contributed by atoms with Crippen molar-refractivity contribution in [2.75, 3.05) is 19.6 Å². The van der Waals surface area contributed by atoms with E-state index in [1.165, 1.54) is 12.4 Å². The van der Waals surface area contributed by atoms with Crippen molar-refractivity contribution in [1.82, 2.24) is 14.6 Å². The van der Waals surface area contributed by atoms with Crippen molar-refractivity contribution in [3.63, 3.8) is 0 Å². The molecule has 1 saturated heterocycles. The molecule has 1 fully saturated rings. The number of carbonyl (C=O) groups is 1. The van der Waals surface area contributed by atoms with E-state index in [2.05, 4.69) is 10.3 Å². The number of hydrogen-bond acceptors (Lipinski definition) is 5. The molecular formula is C11H15N3O4S. The van der Waals surface area contributed by atoms with E-state index in [-0.39, 0.29) is 18.8 Å². The third-order valence-electron chi connectivity index (χ3n) is 2.94. The average molecular weight is 285 g/mol. The molecule has 0 spiro atoms. The predicted molar refractivity (Wildman–Crippen MR) is 67.9 cm³/mol. The van der Waals surface area contributed by atoms with Crippen LogP contribution in [-0.2, 0) is 20.6 Å². The van der Waals surface area contributed by atoms with Crippen LogP contribution in [0.25, 0.3) is 0 Å². The highest BCUT2D eigenvalue weighted by Gasteiger charge is 2.36. The van der Waals surface area contributed by atoms with Gasteiger partial charge in [0.2, 0.25) is 10.0 Å². The summed E-state index contributed by atoms with van der Waals surface area (Å²) in [6, 6.07) is 2.17. The van der Waals surface area contributed by atoms with Gasteiger partial charge < -0.3 is 10.4 Å². The molecule has 2 N–H and O–H groups in total. The van der Waals surface area contributed by atoms with Crippen LogP contribution in [0.15, 0.2) is 24.5 Å². The zero-order valence-corrected chi connectivity index (χ0v) is 11.0. The molecule has 2 heterocycles. The molecule has 8 heteroatoms. The minimum absolute atomic E-state index is 0.130. The maximum absolute atomic E-state index is 12.3. The van der Waals surface area contributed by atoms with Crippen molar-refractivity contribution in [1.29, 1.82) is 0 Å². The van der Waals surface area contributed by atoms with E-state index < -0.39 is 22.0 Å². The maximum Gasteiger partial charge on any atom is 0.323 e. The van der Waals surface area contributed by atoms with Crippen LogP contribution in [0.3, 0.4) is 0 Å². The summed E-state index contributed by atoms with van der Waals surface area (Å²) in [5.41, 5.74) is 0.595. The van der Waals surface area contributed by atoms with Gasteiger partial charge >= 0.3 is 5.97 Å². The monoisotopic (exact) mass is 285 g/mol. The Morgan fingerprint density at radius 3 is 2.79 bits per heavy atom. The van der Waals surface area contributed by atoms with Crippen LogP contribution in [-0.4, -0.2) is 54.5 Å².